The summed E-state index contributed by atoms with van der Waals surface area (Å²) in [6.45, 7) is 8.02. The maximum absolute atomic E-state index is 11.6. The molecule has 1 aromatic carbocycles. The Kier molecular flexibility index (Phi) is 6.68. The van der Waals surface area contributed by atoms with Gasteiger partial charge < -0.3 is 4.74 Å². The summed E-state index contributed by atoms with van der Waals surface area (Å²) in [5.74, 6) is -0.230. The number of rotatable bonds is 6. The molecule has 21 heavy (non-hydrogen) atoms. The molecule has 1 aromatic rings. The van der Waals surface area contributed by atoms with Crippen LogP contribution < -0.4 is 0 Å². The second-order valence-corrected chi connectivity index (χ2v) is 5.25. The summed E-state index contributed by atoms with van der Waals surface area (Å²) in [5, 5.41) is 4.10. The fraction of sp³-hybridized carbons (Fsp3) is 0.467. The largest absolute Gasteiger partial charge is 0.543 e. The summed E-state index contributed by atoms with van der Waals surface area (Å²) in [4.78, 5) is 31.1. The first-order chi connectivity index (χ1) is 9.90. The number of carbonyl (C=O) groups excluding carboxylic acids is 2. The van der Waals surface area contributed by atoms with E-state index in [4.69, 9.17) is 0 Å². The molecule has 0 radical (unpaired) electrons. The Hall–Kier alpha value is -2.08. The highest BCUT2D eigenvalue weighted by Gasteiger charge is 2.12. The molecule has 0 aliphatic carbocycles. The first kappa shape index (κ1) is 17.0. The lowest BCUT2D eigenvalue weighted by atomic mass is 10.0. The van der Waals surface area contributed by atoms with Crippen LogP contribution in [0, 0.1) is 5.92 Å². The van der Waals surface area contributed by atoms with Crippen molar-refractivity contribution >= 4 is 12.1 Å². The van der Waals surface area contributed by atoms with Crippen molar-refractivity contribution in [2.75, 3.05) is 6.61 Å². The molecular weight excluding hydrogens is 276 g/mol. The molecule has 0 saturated carbocycles. The quantitative estimate of drug-likeness (QED) is 0.453. The molecule has 0 N–H and O–H groups in total. The van der Waals surface area contributed by atoms with Crippen LogP contribution >= 0.6 is 0 Å². The van der Waals surface area contributed by atoms with E-state index in [-0.39, 0.29) is 12.5 Å². The van der Waals surface area contributed by atoms with E-state index in [1.807, 2.05) is 39.8 Å². The van der Waals surface area contributed by atoms with Crippen molar-refractivity contribution in [2.45, 2.75) is 33.6 Å². The monoisotopic (exact) mass is 296 g/mol. The smallest absolute Gasteiger partial charge is 0.432 e. The highest BCUT2D eigenvalue weighted by Crippen LogP contribution is 2.15. The van der Waals surface area contributed by atoms with Gasteiger partial charge in [0.1, 0.15) is 0 Å². The van der Waals surface area contributed by atoms with Crippen molar-refractivity contribution < 1.29 is 29.1 Å². The molecule has 1 rings (SSSR count). The molecule has 0 amide bonds. The topological polar surface area (TPSA) is 71.1 Å². The van der Waals surface area contributed by atoms with Crippen LogP contribution in [0.4, 0.5) is 4.79 Å². The second kappa shape index (κ2) is 8.26. The average Bonchev–Trinajstić information content (AvgIpc) is 2.45. The Morgan fingerprint density at radius 2 is 1.62 bits per heavy atom. The third kappa shape index (κ3) is 6.27. The van der Waals surface area contributed by atoms with Gasteiger partial charge in [-0.3, -0.25) is 4.89 Å². The van der Waals surface area contributed by atoms with Gasteiger partial charge in [0.15, 0.2) is 0 Å². The molecule has 6 nitrogen and oxygen atoms in total. The molecule has 0 atom stereocenters. The van der Waals surface area contributed by atoms with Crippen LogP contribution in [-0.4, -0.2) is 18.7 Å². The minimum atomic E-state index is -1.06. The average molecular weight is 296 g/mol. The van der Waals surface area contributed by atoms with E-state index in [0.717, 1.165) is 5.56 Å². The summed E-state index contributed by atoms with van der Waals surface area (Å²) in [6.07, 6.45) is -1.06. The lowest BCUT2D eigenvalue weighted by molar-refractivity contribution is -0.452. The first-order valence-electron chi connectivity index (χ1n) is 6.72. The van der Waals surface area contributed by atoms with Crippen LogP contribution in [0.2, 0.25) is 0 Å². The van der Waals surface area contributed by atoms with Crippen LogP contribution in [-0.2, 0) is 19.6 Å². The molecular formula is C15H20O6. The fourth-order valence-corrected chi connectivity index (χ4v) is 1.39. The summed E-state index contributed by atoms with van der Waals surface area (Å²) in [5.41, 5.74) is 1.39. The van der Waals surface area contributed by atoms with Gasteiger partial charge in [-0.2, -0.15) is 0 Å². The lowest BCUT2D eigenvalue weighted by Crippen LogP contribution is -2.14. The number of hydrogen-bond donors (Lipinski definition) is 0. The molecule has 116 valence electrons. The molecule has 0 aliphatic heterocycles. The van der Waals surface area contributed by atoms with Gasteiger partial charge in [0.25, 0.3) is 0 Å². The number of carbonyl (C=O) groups is 2. The summed E-state index contributed by atoms with van der Waals surface area (Å²) in [7, 11) is 0. The molecule has 0 fully saturated rings. The zero-order valence-electron chi connectivity index (χ0n) is 12.6. The van der Waals surface area contributed by atoms with Gasteiger partial charge in [-0.15, -0.1) is 0 Å². The number of ether oxygens (including phenoxy) is 1. The van der Waals surface area contributed by atoms with Crippen molar-refractivity contribution in [3.8, 4) is 0 Å². The predicted molar refractivity (Wildman–Crippen MR) is 74.3 cm³/mol. The lowest BCUT2D eigenvalue weighted by Gasteiger charge is -2.07. The molecule has 0 unspecified atom stereocenters. The van der Waals surface area contributed by atoms with E-state index in [2.05, 4.69) is 19.6 Å². The Labute approximate surface area is 123 Å². The molecule has 0 bridgehead atoms. The number of benzene rings is 1. The van der Waals surface area contributed by atoms with Crippen molar-refractivity contribution in [1.82, 2.24) is 0 Å². The van der Waals surface area contributed by atoms with E-state index in [0.29, 0.717) is 11.5 Å². The second-order valence-electron chi connectivity index (χ2n) is 5.25. The highest BCUT2D eigenvalue weighted by atomic mass is 17.5. The van der Waals surface area contributed by atoms with Crippen LogP contribution in [0.1, 0.15) is 49.5 Å². The fourth-order valence-electron chi connectivity index (χ4n) is 1.39. The highest BCUT2D eigenvalue weighted by molar-refractivity contribution is 5.88. The normalized spacial score (nSPS) is 10.6. The Bertz CT molecular complexity index is 464. The minimum absolute atomic E-state index is 0.166. The third-order valence-corrected chi connectivity index (χ3v) is 2.56. The van der Waals surface area contributed by atoms with Gasteiger partial charge in [-0.25, -0.2) is 14.5 Å². The summed E-state index contributed by atoms with van der Waals surface area (Å²) in [6, 6.07) is 6.86. The maximum atomic E-state index is 11.6. The van der Waals surface area contributed by atoms with Crippen LogP contribution in [0.3, 0.4) is 0 Å². The molecule has 0 saturated heterocycles. The Morgan fingerprint density at radius 3 is 2.14 bits per heavy atom. The SMILES string of the molecule is CC(C)COC(=O)OOOC(=O)c1ccc(C(C)C)cc1. The Morgan fingerprint density at radius 1 is 1.00 bits per heavy atom. The molecule has 0 spiro atoms. The number of hydrogen-bond acceptors (Lipinski definition) is 6. The van der Waals surface area contributed by atoms with E-state index in [1.165, 1.54) is 0 Å². The van der Waals surface area contributed by atoms with E-state index in [1.54, 1.807) is 12.1 Å². The van der Waals surface area contributed by atoms with Gasteiger partial charge in [-0.1, -0.05) is 39.8 Å². The maximum Gasteiger partial charge on any atom is 0.543 e. The molecule has 0 aromatic heterocycles. The van der Waals surface area contributed by atoms with Crippen LogP contribution in [0.15, 0.2) is 24.3 Å². The third-order valence-electron chi connectivity index (χ3n) is 2.56. The zero-order chi connectivity index (χ0) is 15.8. The standard InChI is InChI=1S/C15H20O6/c1-10(2)9-18-15(17)20-21-19-14(16)13-7-5-12(6-8-13)11(3)4/h5-8,10-11H,9H2,1-4H3. The van der Waals surface area contributed by atoms with Gasteiger partial charge in [0.2, 0.25) is 0 Å². The van der Waals surface area contributed by atoms with Gasteiger partial charge in [-0.05, 0) is 29.5 Å². The van der Waals surface area contributed by atoms with Crippen molar-refractivity contribution in [3.05, 3.63) is 35.4 Å². The first-order valence-corrected chi connectivity index (χ1v) is 6.72. The van der Waals surface area contributed by atoms with Gasteiger partial charge >= 0.3 is 12.1 Å². The van der Waals surface area contributed by atoms with Gasteiger partial charge in [0, 0.05) is 0 Å². The summed E-state index contributed by atoms with van der Waals surface area (Å²) >= 11 is 0. The van der Waals surface area contributed by atoms with E-state index >= 15 is 0 Å². The predicted octanol–water partition coefficient (Wildman–Crippen LogP) is 3.62. The van der Waals surface area contributed by atoms with E-state index in [9.17, 15) is 9.59 Å². The summed E-state index contributed by atoms with van der Waals surface area (Å²) < 4.78 is 4.66. The van der Waals surface area contributed by atoms with Gasteiger partial charge in [0.05, 0.1) is 17.2 Å². The van der Waals surface area contributed by atoms with E-state index < -0.39 is 12.1 Å². The van der Waals surface area contributed by atoms with Crippen molar-refractivity contribution in [1.29, 1.82) is 0 Å². The van der Waals surface area contributed by atoms with Crippen LogP contribution in [0.5, 0.6) is 0 Å². The molecule has 0 heterocycles. The Balaban J connectivity index is 2.35. The van der Waals surface area contributed by atoms with Crippen molar-refractivity contribution in [2.24, 2.45) is 5.92 Å². The van der Waals surface area contributed by atoms with Crippen LogP contribution in [0.25, 0.3) is 0 Å². The van der Waals surface area contributed by atoms with Crippen molar-refractivity contribution in [3.63, 3.8) is 0 Å². The molecule has 0 aliphatic rings. The minimum Gasteiger partial charge on any atom is -0.432 e. The molecule has 6 heteroatoms. The zero-order valence-corrected chi connectivity index (χ0v) is 12.6.